The van der Waals surface area contributed by atoms with Crippen LogP contribution < -0.4 is 5.32 Å². The van der Waals surface area contributed by atoms with E-state index in [0.717, 1.165) is 29.3 Å². The first-order chi connectivity index (χ1) is 10.2. The molecule has 0 saturated heterocycles. The van der Waals surface area contributed by atoms with E-state index in [1.807, 2.05) is 30.3 Å². The highest BCUT2D eigenvalue weighted by Crippen LogP contribution is 2.20. The number of hydrogen-bond acceptors (Lipinski definition) is 3. The van der Waals surface area contributed by atoms with Crippen molar-refractivity contribution in [3.63, 3.8) is 0 Å². The van der Waals surface area contributed by atoms with E-state index in [0.29, 0.717) is 4.90 Å². The molecule has 0 aromatic heterocycles. The van der Waals surface area contributed by atoms with Crippen molar-refractivity contribution in [2.45, 2.75) is 16.3 Å². The van der Waals surface area contributed by atoms with Gasteiger partial charge in [0.2, 0.25) is 0 Å². The van der Waals surface area contributed by atoms with Crippen LogP contribution in [0.25, 0.3) is 0 Å². The standard InChI is InChI=1S/C16H18FNOS2/c1-21(19)14-8-6-13(7-9-14)12-18-10-11-20-16-5-3-2-4-15(16)17/h2-9,18H,10-12H2,1H3/t21-/m0/s1. The molecule has 21 heavy (non-hydrogen) atoms. The topological polar surface area (TPSA) is 29.1 Å². The minimum Gasteiger partial charge on any atom is -0.312 e. The monoisotopic (exact) mass is 323 g/mol. The summed E-state index contributed by atoms with van der Waals surface area (Å²) in [7, 11) is -0.929. The molecule has 0 aliphatic heterocycles. The summed E-state index contributed by atoms with van der Waals surface area (Å²) in [5, 5.41) is 3.32. The molecule has 5 heteroatoms. The SMILES string of the molecule is C[S@](=O)c1ccc(CNCCSc2ccccc2F)cc1. The molecule has 0 aliphatic rings. The zero-order valence-corrected chi connectivity index (χ0v) is 13.5. The van der Waals surface area contributed by atoms with Gasteiger partial charge in [0, 0.05) is 45.7 Å². The van der Waals surface area contributed by atoms with E-state index in [4.69, 9.17) is 0 Å². The van der Waals surface area contributed by atoms with Crippen LogP contribution in [0.2, 0.25) is 0 Å². The summed E-state index contributed by atoms with van der Waals surface area (Å²) in [6.45, 7) is 1.56. The predicted octanol–water partition coefficient (Wildman–Crippen LogP) is 3.45. The Morgan fingerprint density at radius 2 is 1.86 bits per heavy atom. The number of thioether (sulfide) groups is 1. The fourth-order valence-corrected chi connectivity index (χ4v) is 3.19. The van der Waals surface area contributed by atoms with Gasteiger partial charge < -0.3 is 5.32 Å². The summed E-state index contributed by atoms with van der Waals surface area (Å²) < 4.78 is 24.7. The minimum atomic E-state index is -0.929. The van der Waals surface area contributed by atoms with Gasteiger partial charge in [0.05, 0.1) is 0 Å². The van der Waals surface area contributed by atoms with Gasteiger partial charge in [0.25, 0.3) is 0 Å². The van der Waals surface area contributed by atoms with E-state index < -0.39 is 10.8 Å². The molecule has 0 bridgehead atoms. The van der Waals surface area contributed by atoms with Gasteiger partial charge >= 0.3 is 0 Å². The van der Waals surface area contributed by atoms with Gasteiger partial charge in [-0.2, -0.15) is 0 Å². The fraction of sp³-hybridized carbons (Fsp3) is 0.250. The van der Waals surface area contributed by atoms with Crippen molar-refractivity contribution in [2.75, 3.05) is 18.6 Å². The number of hydrogen-bond donors (Lipinski definition) is 1. The Morgan fingerprint density at radius 3 is 2.52 bits per heavy atom. The van der Waals surface area contributed by atoms with Crippen molar-refractivity contribution in [3.8, 4) is 0 Å². The molecule has 2 aromatic rings. The molecule has 2 aromatic carbocycles. The predicted molar refractivity (Wildman–Crippen MR) is 87.6 cm³/mol. The highest BCUT2D eigenvalue weighted by atomic mass is 32.2. The van der Waals surface area contributed by atoms with Crippen LogP contribution in [0.3, 0.4) is 0 Å². The first kappa shape index (κ1) is 16.2. The Balaban J connectivity index is 1.70. The normalized spacial score (nSPS) is 12.3. The first-order valence-electron chi connectivity index (χ1n) is 6.67. The van der Waals surface area contributed by atoms with Crippen molar-refractivity contribution in [3.05, 3.63) is 59.9 Å². The maximum atomic E-state index is 13.4. The highest BCUT2D eigenvalue weighted by Gasteiger charge is 2.01. The molecular formula is C16H18FNOS2. The third-order valence-electron chi connectivity index (χ3n) is 2.96. The van der Waals surface area contributed by atoms with Crippen LogP contribution >= 0.6 is 11.8 Å². The largest absolute Gasteiger partial charge is 0.312 e. The van der Waals surface area contributed by atoms with E-state index in [2.05, 4.69) is 5.32 Å². The quantitative estimate of drug-likeness (QED) is 0.625. The molecule has 0 heterocycles. The summed E-state index contributed by atoms with van der Waals surface area (Å²) in [6, 6.07) is 14.6. The molecule has 112 valence electrons. The smallest absolute Gasteiger partial charge is 0.136 e. The van der Waals surface area contributed by atoms with Crippen LogP contribution in [0.5, 0.6) is 0 Å². The molecule has 0 spiro atoms. The molecular weight excluding hydrogens is 305 g/mol. The van der Waals surface area contributed by atoms with E-state index in [1.165, 1.54) is 17.8 Å². The second kappa shape index (κ2) is 8.32. The summed E-state index contributed by atoms with van der Waals surface area (Å²) in [6.07, 6.45) is 1.67. The third kappa shape index (κ3) is 5.26. The van der Waals surface area contributed by atoms with E-state index in [1.54, 1.807) is 18.4 Å². The van der Waals surface area contributed by atoms with Crippen molar-refractivity contribution >= 4 is 22.6 Å². The molecule has 0 saturated carbocycles. The second-order valence-electron chi connectivity index (χ2n) is 4.55. The zero-order valence-electron chi connectivity index (χ0n) is 11.8. The lowest BCUT2D eigenvalue weighted by Gasteiger charge is -2.06. The second-order valence-corrected chi connectivity index (χ2v) is 7.07. The van der Waals surface area contributed by atoms with Crippen LogP contribution in [0.1, 0.15) is 5.56 Å². The Labute approximate surface area is 131 Å². The number of halogens is 1. The lowest BCUT2D eigenvalue weighted by atomic mass is 10.2. The van der Waals surface area contributed by atoms with E-state index in [-0.39, 0.29) is 5.82 Å². The highest BCUT2D eigenvalue weighted by molar-refractivity contribution is 7.99. The van der Waals surface area contributed by atoms with Crippen LogP contribution in [0.15, 0.2) is 58.3 Å². The van der Waals surface area contributed by atoms with Crippen LogP contribution in [-0.2, 0) is 17.3 Å². The number of nitrogens with one attached hydrogen (secondary N) is 1. The zero-order chi connectivity index (χ0) is 15.1. The van der Waals surface area contributed by atoms with Crippen molar-refractivity contribution in [1.29, 1.82) is 0 Å². The molecule has 0 unspecified atom stereocenters. The molecule has 0 amide bonds. The van der Waals surface area contributed by atoms with Gasteiger partial charge in [-0.3, -0.25) is 4.21 Å². The van der Waals surface area contributed by atoms with E-state index in [9.17, 15) is 8.60 Å². The van der Waals surface area contributed by atoms with Gasteiger partial charge in [0.1, 0.15) is 5.82 Å². The first-order valence-corrected chi connectivity index (χ1v) is 9.21. The molecule has 1 N–H and O–H groups in total. The summed E-state index contributed by atoms with van der Waals surface area (Å²) in [5.74, 6) is 0.656. The lowest BCUT2D eigenvalue weighted by molar-refractivity contribution is 0.602. The van der Waals surface area contributed by atoms with Gasteiger partial charge in [-0.05, 0) is 29.8 Å². The number of benzene rings is 2. The van der Waals surface area contributed by atoms with Crippen molar-refractivity contribution in [2.24, 2.45) is 0 Å². The summed E-state index contributed by atoms with van der Waals surface area (Å²) in [5.41, 5.74) is 1.15. The average Bonchev–Trinajstić information content (AvgIpc) is 2.49. The molecule has 0 aliphatic carbocycles. The molecule has 0 radical (unpaired) electrons. The maximum Gasteiger partial charge on any atom is 0.136 e. The number of rotatable bonds is 7. The lowest BCUT2D eigenvalue weighted by Crippen LogP contribution is -2.16. The van der Waals surface area contributed by atoms with Crippen molar-refractivity contribution in [1.82, 2.24) is 5.32 Å². The third-order valence-corrected chi connectivity index (χ3v) is 4.94. The van der Waals surface area contributed by atoms with Crippen LogP contribution in [-0.4, -0.2) is 22.8 Å². The summed E-state index contributed by atoms with van der Waals surface area (Å²) in [4.78, 5) is 1.53. The van der Waals surface area contributed by atoms with Crippen molar-refractivity contribution < 1.29 is 8.60 Å². The molecule has 2 rings (SSSR count). The van der Waals surface area contributed by atoms with Gasteiger partial charge in [-0.15, -0.1) is 11.8 Å². The van der Waals surface area contributed by atoms with Gasteiger partial charge in [-0.1, -0.05) is 24.3 Å². The Kier molecular flexibility index (Phi) is 6.42. The maximum absolute atomic E-state index is 13.4. The Hall–Kier alpha value is -1.17. The summed E-state index contributed by atoms with van der Waals surface area (Å²) >= 11 is 1.51. The average molecular weight is 323 g/mol. The molecule has 2 nitrogen and oxygen atoms in total. The van der Waals surface area contributed by atoms with Gasteiger partial charge in [0.15, 0.2) is 0 Å². The van der Waals surface area contributed by atoms with E-state index >= 15 is 0 Å². The van der Waals surface area contributed by atoms with Crippen LogP contribution in [0, 0.1) is 5.82 Å². The Morgan fingerprint density at radius 1 is 1.14 bits per heavy atom. The minimum absolute atomic E-state index is 0.161. The van der Waals surface area contributed by atoms with Gasteiger partial charge in [-0.25, -0.2) is 4.39 Å². The van der Waals surface area contributed by atoms with Crippen LogP contribution in [0.4, 0.5) is 4.39 Å². The molecule has 0 fully saturated rings. The molecule has 1 atom stereocenters. The fourth-order valence-electron chi connectivity index (χ4n) is 1.83. The Bertz CT molecular complexity index is 601.